The van der Waals surface area contributed by atoms with E-state index in [9.17, 15) is 22.0 Å². The number of nitrogens with zero attached hydrogens (tertiary/aromatic N) is 5. The van der Waals surface area contributed by atoms with Gasteiger partial charge in [0, 0.05) is 43.5 Å². The molecular weight excluding hydrogens is 478 g/mol. The lowest BCUT2D eigenvalue weighted by Crippen LogP contribution is -2.38. The average Bonchev–Trinajstić information content (AvgIpc) is 3.53. The van der Waals surface area contributed by atoms with Crippen molar-refractivity contribution in [2.45, 2.75) is 43.3 Å². The van der Waals surface area contributed by atoms with E-state index >= 15 is 0 Å². The maximum Gasteiger partial charge on any atom is 0.283 e. The molecule has 0 spiro atoms. The first kappa shape index (κ1) is 23.4. The molecule has 2 atom stereocenters. The Morgan fingerprint density at radius 2 is 2.06 bits per heavy atom. The zero-order chi connectivity index (χ0) is 24.9. The number of hydrogen-bond donors (Lipinski definition) is 1. The van der Waals surface area contributed by atoms with Crippen LogP contribution in [0.4, 0.5) is 8.78 Å². The number of imidazole rings is 1. The molecule has 1 amide bonds. The first-order chi connectivity index (χ1) is 16.6. The summed E-state index contributed by atoms with van der Waals surface area (Å²) in [4.78, 5) is 19.0. The lowest BCUT2D eigenvalue weighted by molar-refractivity contribution is 0.0979. The average molecular weight is 503 g/mol. The van der Waals surface area contributed by atoms with Crippen molar-refractivity contribution < 1.29 is 22.0 Å². The van der Waals surface area contributed by atoms with Crippen LogP contribution in [0.25, 0.3) is 6.20 Å². The van der Waals surface area contributed by atoms with Gasteiger partial charge in [-0.15, -0.1) is 0 Å². The van der Waals surface area contributed by atoms with Crippen molar-refractivity contribution >= 4 is 22.1 Å². The second kappa shape index (κ2) is 8.68. The second-order valence-corrected chi connectivity index (χ2v) is 10.4. The van der Waals surface area contributed by atoms with Gasteiger partial charge in [0.2, 0.25) is 0 Å². The van der Waals surface area contributed by atoms with Crippen molar-refractivity contribution in [1.82, 2.24) is 29.0 Å². The van der Waals surface area contributed by atoms with Crippen LogP contribution in [0, 0.1) is 18.6 Å². The van der Waals surface area contributed by atoms with Gasteiger partial charge in [-0.2, -0.15) is 13.5 Å². The monoisotopic (exact) mass is 502 g/mol. The van der Waals surface area contributed by atoms with E-state index in [1.54, 1.807) is 24.7 Å². The summed E-state index contributed by atoms with van der Waals surface area (Å²) in [6.45, 7) is 2.33. The van der Waals surface area contributed by atoms with Gasteiger partial charge in [-0.25, -0.2) is 23.2 Å². The van der Waals surface area contributed by atoms with Gasteiger partial charge in [0.25, 0.3) is 15.9 Å². The lowest BCUT2D eigenvalue weighted by atomic mass is 9.99. The summed E-state index contributed by atoms with van der Waals surface area (Å²) in [5, 5.41) is 3.94. The third kappa shape index (κ3) is 4.27. The lowest BCUT2D eigenvalue weighted by Gasteiger charge is -2.33. The molecule has 2 aromatic heterocycles. The predicted octanol–water partition coefficient (Wildman–Crippen LogP) is 2.55. The normalized spacial score (nSPS) is 20.2. The van der Waals surface area contributed by atoms with Crippen molar-refractivity contribution in [3.63, 3.8) is 0 Å². The Labute approximate surface area is 201 Å². The van der Waals surface area contributed by atoms with Crippen molar-refractivity contribution in [2.24, 2.45) is 7.05 Å². The number of aromatic nitrogens is 4. The van der Waals surface area contributed by atoms with Gasteiger partial charge in [-0.05, 0) is 50.6 Å². The number of rotatable bonds is 5. The number of sulfonamides is 1. The molecule has 5 rings (SSSR count). The Kier molecular flexibility index (Phi) is 5.80. The third-order valence-corrected chi connectivity index (χ3v) is 7.82. The van der Waals surface area contributed by atoms with E-state index in [1.807, 2.05) is 6.08 Å². The zero-order valence-corrected chi connectivity index (χ0v) is 20.0. The largest absolute Gasteiger partial charge is 0.337 e. The van der Waals surface area contributed by atoms with E-state index < -0.39 is 27.6 Å². The molecule has 3 aromatic rings. The zero-order valence-electron chi connectivity index (χ0n) is 19.1. The molecule has 1 unspecified atom stereocenters. The van der Waals surface area contributed by atoms with Crippen LogP contribution in [-0.4, -0.2) is 51.1 Å². The maximum atomic E-state index is 14.5. The number of hydrogen-bond acceptors (Lipinski definition) is 6. The molecule has 2 aliphatic heterocycles. The molecule has 35 heavy (non-hydrogen) atoms. The fraction of sp³-hybridized carbons (Fsp3) is 0.348. The molecular formula is C23H24F2N6O3S. The smallest absolute Gasteiger partial charge is 0.283 e. The molecule has 12 heteroatoms. The molecule has 9 nitrogen and oxygen atoms in total. The molecule has 0 bridgehead atoms. The Balaban J connectivity index is 1.38. The van der Waals surface area contributed by atoms with E-state index in [2.05, 4.69) is 19.7 Å². The SMILES string of the molecule is Cc1nc(S(=O)(=O)NC(=O)c2cnn3c2CC(N2CCC[C@@H]2c2cc(F)ccc2F)C=C3)cn1C. The second-order valence-electron chi connectivity index (χ2n) is 8.80. The highest BCUT2D eigenvalue weighted by molar-refractivity contribution is 7.90. The highest BCUT2D eigenvalue weighted by Crippen LogP contribution is 2.37. The minimum atomic E-state index is -4.17. The predicted molar refractivity (Wildman–Crippen MR) is 123 cm³/mol. The first-order valence-corrected chi connectivity index (χ1v) is 12.6. The summed E-state index contributed by atoms with van der Waals surface area (Å²) in [5.41, 5.74) is 0.973. The number of aryl methyl sites for hydroxylation is 2. The number of likely N-dealkylation sites (tertiary alicyclic amines) is 1. The fourth-order valence-corrected chi connectivity index (χ4v) is 5.77. The number of amides is 1. The van der Waals surface area contributed by atoms with Crippen LogP contribution in [-0.2, 0) is 23.5 Å². The van der Waals surface area contributed by atoms with Crippen LogP contribution in [0.2, 0.25) is 0 Å². The van der Waals surface area contributed by atoms with E-state index in [4.69, 9.17) is 0 Å². The minimum Gasteiger partial charge on any atom is -0.337 e. The number of carbonyl (C=O) groups excluding carboxylic acids is 1. The summed E-state index contributed by atoms with van der Waals surface area (Å²) in [5.74, 6) is -1.27. The molecule has 0 saturated carbocycles. The van der Waals surface area contributed by atoms with E-state index in [1.165, 1.54) is 23.1 Å². The van der Waals surface area contributed by atoms with Gasteiger partial charge in [-0.3, -0.25) is 9.69 Å². The van der Waals surface area contributed by atoms with E-state index in [0.717, 1.165) is 18.6 Å². The van der Waals surface area contributed by atoms with Crippen LogP contribution in [0.5, 0.6) is 0 Å². The quantitative estimate of drug-likeness (QED) is 0.576. The molecule has 2 aliphatic rings. The minimum absolute atomic E-state index is 0.128. The number of benzene rings is 1. The Morgan fingerprint density at radius 3 is 2.80 bits per heavy atom. The molecule has 0 radical (unpaired) electrons. The molecule has 4 heterocycles. The van der Waals surface area contributed by atoms with Crippen molar-refractivity contribution in [2.75, 3.05) is 6.54 Å². The van der Waals surface area contributed by atoms with Crippen LogP contribution >= 0.6 is 0 Å². The molecule has 184 valence electrons. The summed E-state index contributed by atoms with van der Waals surface area (Å²) < 4.78 is 58.8. The maximum absolute atomic E-state index is 14.5. The van der Waals surface area contributed by atoms with E-state index in [-0.39, 0.29) is 22.7 Å². The van der Waals surface area contributed by atoms with Crippen molar-refractivity contribution in [1.29, 1.82) is 0 Å². The van der Waals surface area contributed by atoms with Crippen LogP contribution in [0.1, 0.15) is 46.3 Å². The van der Waals surface area contributed by atoms with Crippen LogP contribution in [0.15, 0.2) is 41.7 Å². The molecule has 1 N–H and O–H groups in total. The molecule has 1 saturated heterocycles. The standard InChI is InChI=1S/C23H24F2N6O3S/c1-14-27-22(13-29(14)2)35(33,34)28-23(32)18-12-26-31-9-7-16(11-21(18)31)30-8-3-4-20(30)17-10-15(24)5-6-19(17)25/h5-7,9-10,12-13,16,20H,3-4,8,11H2,1-2H3,(H,28,32)/t16?,20-/m1/s1. The first-order valence-electron chi connectivity index (χ1n) is 11.2. The highest BCUT2D eigenvalue weighted by Gasteiger charge is 2.35. The van der Waals surface area contributed by atoms with Gasteiger partial charge in [0.05, 0.1) is 17.5 Å². The number of fused-ring (bicyclic) bond motifs is 1. The number of carbonyl (C=O) groups is 1. The Morgan fingerprint density at radius 1 is 1.26 bits per heavy atom. The van der Waals surface area contributed by atoms with Gasteiger partial charge in [0.1, 0.15) is 17.5 Å². The van der Waals surface area contributed by atoms with Crippen molar-refractivity contribution in [3.05, 3.63) is 70.9 Å². The summed E-state index contributed by atoms with van der Waals surface area (Å²) in [6.07, 6.45) is 8.12. The summed E-state index contributed by atoms with van der Waals surface area (Å²) in [6, 6.07) is 2.97. The topological polar surface area (TPSA) is 102 Å². The third-order valence-electron chi connectivity index (χ3n) is 6.62. The van der Waals surface area contributed by atoms with E-state index in [0.29, 0.717) is 36.5 Å². The van der Waals surface area contributed by atoms with Gasteiger partial charge in [0.15, 0.2) is 5.03 Å². The molecule has 1 fully saturated rings. The van der Waals surface area contributed by atoms with Crippen molar-refractivity contribution in [3.8, 4) is 0 Å². The molecule has 0 aliphatic carbocycles. The number of nitrogens with one attached hydrogen (secondary N) is 1. The Hall–Kier alpha value is -3.38. The fourth-order valence-electron chi connectivity index (χ4n) is 4.76. The molecule has 1 aromatic carbocycles. The van der Waals surface area contributed by atoms with Gasteiger partial charge in [-0.1, -0.05) is 0 Å². The summed E-state index contributed by atoms with van der Waals surface area (Å²) >= 11 is 0. The van der Waals surface area contributed by atoms with Crippen LogP contribution in [0.3, 0.4) is 0 Å². The van der Waals surface area contributed by atoms with Crippen LogP contribution < -0.4 is 4.72 Å². The highest BCUT2D eigenvalue weighted by atomic mass is 32.2. The van der Waals surface area contributed by atoms with Gasteiger partial charge >= 0.3 is 0 Å². The Bertz CT molecular complexity index is 1430. The van der Waals surface area contributed by atoms with Gasteiger partial charge < -0.3 is 4.57 Å². The summed E-state index contributed by atoms with van der Waals surface area (Å²) in [7, 11) is -2.51. The number of halogens is 2.